The lowest BCUT2D eigenvalue weighted by Gasteiger charge is -2.10. The average molecular weight is 289 g/mol. The molecule has 0 aliphatic carbocycles. The summed E-state index contributed by atoms with van der Waals surface area (Å²) in [5.74, 6) is -7.11. The predicted molar refractivity (Wildman–Crippen MR) is 68.6 cm³/mol. The van der Waals surface area contributed by atoms with E-state index in [4.69, 9.17) is 4.74 Å². The van der Waals surface area contributed by atoms with Gasteiger partial charge in [-0.2, -0.15) is 8.78 Å². The van der Waals surface area contributed by atoms with Gasteiger partial charge in [-0.1, -0.05) is 18.2 Å². The van der Waals surface area contributed by atoms with Gasteiger partial charge in [0.15, 0.2) is 17.4 Å². The number of rotatable bonds is 7. The van der Waals surface area contributed by atoms with Crippen LogP contribution < -0.4 is 4.74 Å². The smallest absolute Gasteiger partial charge is 0.203 e. The van der Waals surface area contributed by atoms with Gasteiger partial charge in [-0.3, -0.25) is 4.90 Å². The minimum atomic E-state index is -1.54. The highest BCUT2D eigenvalue weighted by molar-refractivity contribution is 5.28. The van der Waals surface area contributed by atoms with Crippen LogP contribution in [0.3, 0.4) is 0 Å². The molecule has 1 rings (SSSR count). The fourth-order valence-electron chi connectivity index (χ4n) is 1.43. The van der Waals surface area contributed by atoms with E-state index < -0.39 is 29.0 Å². The molecule has 0 amide bonds. The van der Waals surface area contributed by atoms with Crippen LogP contribution in [0.2, 0.25) is 0 Å². The molecule has 0 aliphatic heterocycles. The van der Waals surface area contributed by atoms with E-state index >= 15 is 0 Å². The van der Waals surface area contributed by atoms with Crippen molar-refractivity contribution in [3.05, 3.63) is 54.1 Å². The Morgan fingerprint density at radius 1 is 1.10 bits per heavy atom. The Morgan fingerprint density at radius 3 is 2.25 bits per heavy atom. The van der Waals surface area contributed by atoms with Crippen LogP contribution in [-0.2, 0) is 0 Å². The fourth-order valence-corrected chi connectivity index (χ4v) is 1.43. The summed E-state index contributed by atoms with van der Waals surface area (Å²) >= 11 is 0. The summed E-state index contributed by atoms with van der Waals surface area (Å²) in [5, 5.41) is 0. The van der Waals surface area contributed by atoms with Crippen molar-refractivity contribution in [2.24, 2.45) is 0 Å². The van der Waals surface area contributed by atoms with Crippen molar-refractivity contribution in [2.75, 3.05) is 26.7 Å². The van der Waals surface area contributed by atoms with Crippen LogP contribution in [0, 0.1) is 23.3 Å². The second-order valence-electron chi connectivity index (χ2n) is 4.09. The minimum Gasteiger partial charge on any atom is -0.483 e. The highest BCUT2D eigenvalue weighted by Gasteiger charge is 2.19. The van der Waals surface area contributed by atoms with Crippen molar-refractivity contribution in [2.45, 2.75) is 0 Å². The van der Waals surface area contributed by atoms with E-state index in [1.165, 1.54) is 6.08 Å². The maximum atomic E-state index is 13.2. The zero-order chi connectivity index (χ0) is 15.1. The van der Waals surface area contributed by atoms with Crippen LogP contribution in [-0.4, -0.2) is 31.6 Å². The van der Waals surface area contributed by atoms with Gasteiger partial charge in [-0.25, -0.2) is 8.78 Å². The number of hydrogen-bond acceptors (Lipinski definition) is 2. The van der Waals surface area contributed by atoms with Crippen molar-refractivity contribution in [3.63, 3.8) is 0 Å². The van der Waals surface area contributed by atoms with Gasteiger partial charge in [0.1, 0.15) is 6.61 Å². The third kappa shape index (κ3) is 4.38. The van der Waals surface area contributed by atoms with Crippen LogP contribution in [0.25, 0.3) is 0 Å². The molecule has 0 unspecified atom stereocenters. The monoisotopic (exact) mass is 289 g/mol. The Bertz CT molecular complexity index is 476. The van der Waals surface area contributed by atoms with Gasteiger partial charge in [0.2, 0.25) is 11.6 Å². The summed E-state index contributed by atoms with van der Waals surface area (Å²) in [6.45, 7) is 4.65. The lowest BCUT2D eigenvalue weighted by molar-refractivity contribution is 0.301. The van der Waals surface area contributed by atoms with Gasteiger partial charge < -0.3 is 4.74 Å². The average Bonchev–Trinajstić information content (AvgIpc) is 2.40. The minimum absolute atomic E-state index is 0.137. The van der Waals surface area contributed by atoms with Gasteiger partial charge in [-0.05, 0) is 7.05 Å². The first-order chi connectivity index (χ1) is 9.47. The van der Waals surface area contributed by atoms with Crippen LogP contribution in [0.4, 0.5) is 17.6 Å². The Hall–Kier alpha value is -1.82. The molecule has 0 aliphatic rings. The SMILES string of the molecule is C=CCN(C)C/C=C/COc1c(F)c(F)cc(F)c1F. The summed E-state index contributed by atoms with van der Waals surface area (Å²) in [5.41, 5.74) is 0. The van der Waals surface area contributed by atoms with Crippen LogP contribution >= 0.6 is 0 Å². The number of hydrogen-bond donors (Lipinski definition) is 0. The Kier molecular flexibility index (Phi) is 6.24. The second-order valence-corrected chi connectivity index (χ2v) is 4.09. The quantitative estimate of drug-likeness (QED) is 0.434. The molecule has 0 atom stereocenters. The van der Waals surface area contributed by atoms with E-state index in [1.807, 2.05) is 11.9 Å². The molecule has 0 saturated carbocycles. The molecule has 1 aromatic carbocycles. The summed E-state index contributed by atoms with van der Waals surface area (Å²) in [4.78, 5) is 1.92. The summed E-state index contributed by atoms with van der Waals surface area (Å²) < 4.78 is 57.0. The molecule has 0 saturated heterocycles. The first kappa shape index (κ1) is 16.2. The van der Waals surface area contributed by atoms with Crippen molar-refractivity contribution < 1.29 is 22.3 Å². The lowest BCUT2D eigenvalue weighted by Crippen LogP contribution is -2.17. The molecule has 0 heterocycles. The van der Waals surface area contributed by atoms with Crippen LogP contribution in [0.1, 0.15) is 0 Å². The van der Waals surface area contributed by atoms with E-state index in [1.54, 1.807) is 12.2 Å². The van der Waals surface area contributed by atoms with Gasteiger partial charge >= 0.3 is 0 Å². The molecular formula is C14H15F4NO. The maximum absolute atomic E-state index is 13.2. The molecule has 6 heteroatoms. The van der Waals surface area contributed by atoms with E-state index in [0.29, 0.717) is 13.1 Å². The van der Waals surface area contributed by atoms with E-state index in [2.05, 4.69) is 6.58 Å². The third-order valence-electron chi connectivity index (χ3n) is 2.42. The van der Waals surface area contributed by atoms with Crippen LogP contribution in [0.5, 0.6) is 5.75 Å². The molecule has 0 bridgehead atoms. The Balaban J connectivity index is 2.58. The molecule has 2 nitrogen and oxygen atoms in total. The number of likely N-dealkylation sites (N-methyl/N-ethyl adjacent to an activating group) is 1. The molecule has 110 valence electrons. The van der Waals surface area contributed by atoms with Crippen molar-refractivity contribution >= 4 is 0 Å². The zero-order valence-corrected chi connectivity index (χ0v) is 11.0. The summed E-state index contributed by atoms with van der Waals surface area (Å²) in [7, 11) is 1.86. The molecule has 0 N–H and O–H groups in total. The molecule has 0 radical (unpaired) electrons. The predicted octanol–water partition coefficient (Wildman–Crippen LogP) is 3.30. The van der Waals surface area contributed by atoms with E-state index in [9.17, 15) is 17.6 Å². The normalized spacial score (nSPS) is 11.3. The van der Waals surface area contributed by atoms with E-state index in [0.717, 1.165) is 0 Å². The van der Waals surface area contributed by atoms with Crippen molar-refractivity contribution in [1.29, 1.82) is 0 Å². The molecule has 1 aromatic rings. The van der Waals surface area contributed by atoms with Gasteiger partial charge in [-0.15, -0.1) is 6.58 Å². The second kappa shape index (κ2) is 7.69. The standard InChI is InChI=1S/C14H15F4NO/c1-3-6-19(2)7-4-5-8-20-14-12(17)10(15)9-11(16)13(14)18/h3-5,9H,1,6-8H2,2H3/b5-4+. The first-order valence-electron chi connectivity index (χ1n) is 5.87. The Morgan fingerprint density at radius 2 is 1.70 bits per heavy atom. The molecule has 0 spiro atoms. The molecular weight excluding hydrogens is 274 g/mol. The van der Waals surface area contributed by atoms with Crippen molar-refractivity contribution in [3.8, 4) is 5.75 Å². The largest absolute Gasteiger partial charge is 0.483 e. The maximum Gasteiger partial charge on any atom is 0.203 e. The topological polar surface area (TPSA) is 12.5 Å². The van der Waals surface area contributed by atoms with E-state index in [-0.39, 0.29) is 12.7 Å². The Labute approximate surface area is 115 Å². The van der Waals surface area contributed by atoms with Gasteiger partial charge in [0, 0.05) is 19.2 Å². The molecule has 0 fully saturated rings. The van der Waals surface area contributed by atoms with Gasteiger partial charge in [0.25, 0.3) is 0 Å². The third-order valence-corrected chi connectivity index (χ3v) is 2.42. The summed E-state index contributed by atoms with van der Waals surface area (Å²) in [6, 6.07) is 0.137. The number of ether oxygens (including phenoxy) is 1. The molecule has 20 heavy (non-hydrogen) atoms. The zero-order valence-electron chi connectivity index (χ0n) is 11.0. The lowest BCUT2D eigenvalue weighted by atomic mass is 10.3. The number of halogens is 4. The van der Waals surface area contributed by atoms with Crippen molar-refractivity contribution in [1.82, 2.24) is 4.90 Å². The summed E-state index contributed by atoms with van der Waals surface area (Å²) in [6.07, 6.45) is 4.93. The first-order valence-corrected chi connectivity index (χ1v) is 5.87. The highest BCUT2D eigenvalue weighted by Crippen LogP contribution is 2.26. The van der Waals surface area contributed by atoms with Crippen LogP contribution in [0.15, 0.2) is 30.9 Å². The number of nitrogens with zero attached hydrogens (tertiary/aromatic N) is 1. The highest BCUT2D eigenvalue weighted by atomic mass is 19.2. The molecule has 0 aromatic heterocycles. The fraction of sp³-hybridized carbons (Fsp3) is 0.286. The number of benzene rings is 1. The van der Waals surface area contributed by atoms with Gasteiger partial charge in [0.05, 0.1) is 0 Å².